The summed E-state index contributed by atoms with van der Waals surface area (Å²) >= 11 is 0. The first-order valence-corrected chi connectivity index (χ1v) is 5.98. The van der Waals surface area contributed by atoms with E-state index in [-0.39, 0.29) is 11.3 Å². The number of carbonyl (C=O) groups is 1. The second-order valence-electron chi connectivity index (χ2n) is 4.52. The molecule has 0 saturated heterocycles. The van der Waals surface area contributed by atoms with Crippen LogP contribution in [0.15, 0.2) is 41.2 Å². The highest BCUT2D eigenvalue weighted by Crippen LogP contribution is 2.19. The van der Waals surface area contributed by atoms with Crippen LogP contribution in [0.5, 0.6) is 0 Å². The molecule has 0 aliphatic carbocycles. The predicted octanol–water partition coefficient (Wildman–Crippen LogP) is 1.70. The first-order chi connectivity index (χ1) is 9.54. The van der Waals surface area contributed by atoms with Gasteiger partial charge in [0.25, 0.3) is 5.56 Å². The van der Waals surface area contributed by atoms with Crippen LogP contribution in [0.4, 0.5) is 0 Å². The molecule has 6 nitrogen and oxygen atoms in total. The third kappa shape index (κ3) is 1.97. The van der Waals surface area contributed by atoms with Gasteiger partial charge in [0.1, 0.15) is 0 Å². The lowest BCUT2D eigenvalue weighted by Gasteiger charge is -1.98. The van der Waals surface area contributed by atoms with E-state index >= 15 is 0 Å². The fourth-order valence-corrected chi connectivity index (χ4v) is 2.06. The number of carboxylic acids is 1. The number of aryl methyl sites for hydroxylation is 1. The van der Waals surface area contributed by atoms with Gasteiger partial charge in [0.15, 0.2) is 11.3 Å². The van der Waals surface area contributed by atoms with Gasteiger partial charge in [0.05, 0.1) is 5.69 Å². The van der Waals surface area contributed by atoms with Gasteiger partial charge in [-0.25, -0.2) is 14.3 Å². The minimum Gasteiger partial charge on any atom is -0.477 e. The van der Waals surface area contributed by atoms with E-state index in [0.717, 1.165) is 17.2 Å². The monoisotopic (exact) mass is 269 g/mol. The van der Waals surface area contributed by atoms with Crippen LogP contribution in [-0.4, -0.2) is 25.7 Å². The van der Waals surface area contributed by atoms with E-state index in [1.165, 1.54) is 4.52 Å². The molecule has 0 saturated carbocycles. The largest absolute Gasteiger partial charge is 0.477 e. The summed E-state index contributed by atoms with van der Waals surface area (Å²) in [6, 6.07) is 10.4. The minimum atomic E-state index is -1.22. The molecular weight excluding hydrogens is 258 g/mol. The van der Waals surface area contributed by atoms with Crippen molar-refractivity contribution in [3.05, 3.63) is 58.0 Å². The number of nitrogens with one attached hydrogen (secondary N) is 1. The van der Waals surface area contributed by atoms with Crippen LogP contribution >= 0.6 is 0 Å². The summed E-state index contributed by atoms with van der Waals surface area (Å²) in [7, 11) is 0. The number of benzene rings is 1. The molecule has 6 heteroatoms. The standard InChI is InChI=1S/C14H11N3O3/c1-8-3-2-4-9(5-8)10-6-12-15-11(14(19)20)7-13(18)17(12)16-10/h2-7,16H,1H3,(H,19,20). The fraction of sp³-hybridized carbons (Fsp3) is 0.0714. The van der Waals surface area contributed by atoms with Gasteiger partial charge in [-0.15, -0.1) is 0 Å². The van der Waals surface area contributed by atoms with Crippen LogP contribution in [0.2, 0.25) is 0 Å². The number of hydrogen-bond donors (Lipinski definition) is 2. The Labute approximate surface area is 113 Å². The topological polar surface area (TPSA) is 87.5 Å². The molecule has 100 valence electrons. The lowest BCUT2D eigenvalue weighted by molar-refractivity contribution is 0.0690. The Bertz CT molecular complexity index is 877. The zero-order chi connectivity index (χ0) is 14.3. The molecule has 0 radical (unpaired) electrons. The molecule has 20 heavy (non-hydrogen) atoms. The Morgan fingerprint density at radius 3 is 2.80 bits per heavy atom. The molecule has 0 unspecified atom stereocenters. The van der Waals surface area contributed by atoms with Crippen molar-refractivity contribution in [3.8, 4) is 11.3 Å². The number of H-pyrrole nitrogens is 1. The van der Waals surface area contributed by atoms with Crippen molar-refractivity contribution in [2.75, 3.05) is 0 Å². The Morgan fingerprint density at radius 1 is 1.30 bits per heavy atom. The zero-order valence-corrected chi connectivity index (χ0v) is 10.6. The van der Waals surface area contributed by atoms with Gasteiger partial charge in [-0.05, 0) is 18.6 Å². The van der Waals surface area contributed by atoms with Crippen molar-refractivity contribution >= 4 is 11.6 Å². The van der Waals surface area contributed by atoms with Crippen LogP contribution in [-0.2, 0) is 0 Å². The molecular formula is C14H11N3O3. The van der Waals surface area contributed by atoms with Gasteiger partial charge in [0, 0.05) is 12.1 Å². The highest BCUT2D eigenvalue weighted by Gasteiger charge is 2.11. The van der Waals surface area contributed by atoms with Crippen LogP contribution in [0.25, 0.3) is 16.9 Å². The highest BCUT2D eigenvalue weighted by molar-refractivity contribution is 5.85. The molecule has 2 N–H and O–H groups in total. The molecule has 0 fully saturated rings. The normalized spacial score (nSPS) is 10.8. The molecule has 0 amide bonds. The second kappa shape index (κ2) is 4.34. The average Bonchev–Trinajstić information content (AvgIpc) is 2.83. The van der Waals surface area contributed by atoms with E-state index in [1.807, 2.05) is 31.2 Å². The summed E-state index contributed by atoms with van der Waals surface area (Å²) in [5.41, 5.74) is 2.28. The van der Waals surface area contributed by atoms with Gasteiger partial charge in [-0.2, -0.15) is 0 Å². The van der Waals surface area contributed by atoms with Gasteiger partial charge in [-0.1, -0.05) is 23.8 Å². The maximum atomic E-state index is 11.8. The summed E-state index contributed by atoms with van der Waals surface area (Å²) in [4.78, 5) is 26.7. The van der Waals surface area contributed by atoms with Crippen molar-refractivity contribution in [3.63, 3.8) is 0 Å². The maximum Gasteiger partial charge on any atom is 0.354 e. The molecule has 1 aromatic carbocycles. The Balaban J connectivity index is 2.23. The van der Waals surface area contributed by atoms with Crippen LogP contribution in [0, 0.1) is 6.92 Å². The van der Waals surface area contributed by atoms with E-state index in [9.17, 15) is 9.59 Å². The van der Waals surface area contributed by atoms with Crippen LogP contribution < -0.4 is 5.56 Å². The zero-order valence-electron chi connectivity index (χ0n) is 10.6. The number of nitrogens with zero attached hydrogens (tertiary/aromatic N) is 2. The number of aromatic amines is 1. The molecule has 2 aromatic heterocycles. The molecule has 0 bridgehead atoms. The van der Waals surface area contributed by atoms with E-state index in [0.29, 0.717) is 5.69 Å². The second-order valence-corrected chi connectivity index (χ2v) is 4.52. The lowest BCUT2D eigenvalue weighted by atomic mass is 10.1. The number of hydrogen-bond acceptors (Lipinski definition) is 3. The molecule has 3 aromatic rings. The van der Waals surface area contributed by atoms with Crippen molar-refractivity contribution in [1.82, 2.24) is 14.6 Å². The summed E-state index contributed by atoms with van der Waals surface area (Å²) in [5, 5.41) is 11.8. The number of rotatable bonds is 2. The molecule has 3 rings (SSSR count). The third-order valence-electron chi connectivity index (χ3n) is 3.00. The van der Waals surface area contributed by atoms with Gasteiger partial charge in [-0.3, -0.25) is 9.89 Å². The van der Waals surface area contributed by atoms with Crippen molar-refractivity contribution in [2.45, 2.75) is 6.92 Å². The lowest BCUT2D eigenvalue weighted by Crippen LogP contribution is -2.17. The molecule has 0 aliphatic heterocycles. The van der Waals surface area contributed by atoms with E-state index < -0.39 is 11.5 Å². The van der Waals surface area contributed by atoms with Gasteiger partial charge in [0.2, 0.25) is 0 Å². The average molecular weight is 269 g/mol. The smallest absolute Gasteiger partial charge is 0.354 e. The first kappa shape index (κ1) is 12.2. The maximum absolute atomic E-state index is 11.8. The summed E-state index contributed by atoms with van der Waals surface area (Å²) in [6.07, 6.45) is 0. The molecule has 0 aliphatic rings. The van der Waals surface area contributed by atoms with Gasteiger partial charge < -0.3 is 5.11 Å². The molecule has 0 atom stereocenters. The van der Waals surface area contributed by atoms with E-state index in [4.69, 9.17) is 5.11 Å². The number of aromatic nitrogens is 3. The molecule has 0 spiro atoms. The highest BCUT2D eigenvalue weighted by atomic mass is 16.4. The minimum absolute atomic E-state index is 0.259. The summed E-state index contributed by atoms with van der Waals surface area (Å²) in [5.74, 6) is -1.22. The van der Waals surface area contributed by atoms with Crippen LogP contribution in [0.1, 0.15) is 16.1 Å². The van der Waals surface area contributed by atoms with E-state index in [1.54, 1.807) is 6.07 Å². The van der Waals surface area contributed by atoms with Gasteiger partial charge >= 0.3 is 5.97 Å². The van der Waals surface area contributed by atoms with E-state index in [2.05, 4.69) is 10.1 Å². The SMILES string of the molecule is Cc1cccc(-c2cc3nc(C(=O)O)cc(=O)n3[nH]2)c1. The van der Waals surface area contributed by atoms with Crippen molar-refractivity contribution in [2.24, 2.45) is 0 Å². The van der Waals surface area contributed by atoms with Crippen molar-refractivity contribution in [1.29, 1.82) is 0 Å². The predicted molar refractivity (Wildman–Crippen MR) is 72.9 cm³/mol. The Kier molecular flexibility index (Phi) is 2.64. The molecule has 2 heterocycles. The Morgan fingerprint density at radius 2 is 2.10 bits per heavy atom. The quantitative estimate of drug-likeness (QED) is 0.741. The first-order valence-electron chi connectivity index (χ1n) is 5.98. The fourth-order valence-electron chi connectivity index (χ4n) is 2.06. The number of carboxylic acid groups (broad SMARTS) is 1. The number of aromatic carboxylic acids is 1. The third-order valence-corrected chi connectivity index (χ3v) is 3.00. The Hall–Kier alpha value is -2.89. The van der Waals surface area contributed by atoms with Crippen LogP contribution in [0.3, 0.4) is 0 Å². The summed E-state index contributed by atoms with van der Waals surface area (Å²) < 4.78 is 1.23. The number of fused-ring (bicyclic) bond motifs is 1. The van der Waals surface area contributed by atoms with Crippen molar-refractivity contribution < 1.29 is 9.90 Å². The summed E-state index contributed by atoms with van der Waals surface area (Å²) in [6.45, 7) is 1.97.